The normalized spacial score (nSPS) is 10.6. The predicted molar refractivity (Wildman–Crippen MR) is 102 cm³/mol. The van der Waals surface area contributed by atoms with E-state index in [0.717, 1.165) is 15.2 Å². The van der Waals surface area contributed by atoms with Crippen LogP contribution in [0.3, 0.4) is 0 Å². The van der Waals surface area contributed by atoms with Crippen LogP contribution in [-0.4, -0.2) is 37.2 Å². The quantitative estimate of drug-likeness (QED) is 0.599. The van der Waals surface area contributed by atoms with Crippen LogP contribution in [0.15, 0.2) is 48.5 Å². The second kappa shape index (κ2) is 9.11. The van der Waals surface area contributed by atoms with E-state index in [9.17, 15) is 9.59 Å². The van der Waals surface area contributed by atoms with E-state index in [4.69, 9.17) is 14.2 Å². The third-order valence-electron chi connectivity index (χ3n) is 3.53. The number of nitrogens with zero attached hydrogens (tertiary/aromatic N) is 1. The molecule has 2 aromatic carbocycles. The molecule has 1 aromatic heterocycles. The van der Waals surface area contributed by atoms with Crippen LogP contribution in [0.1, 0.15) is 5.01 Å². The van der Waals surface area contributed by atoms with Crippen molar-refractivity contribution in [3.05, 3.63) is 53.5 Å². The van der Waals surface area contributed by atoms with Gasteiger partial charge in [0.2, 0.25) is 0 Å². The number of esters is 1. The van der Waals surface area contributed by atoms with Crippen LogP contribution in [0.4, 0.5) is 5.69 Å². The molecule has 0 radical (unpaired) electrons. The lowest BCUT2D eigenvalue weighted by atomic mass is 10.3. The summed E-state index contributed by atoms with van der Waals surface area (Å²) in [6.45, 7) is -0.443. The molecule has 0 saturated carbocycles. The molecule has 0 aliphatic heterocycles. The van der Waals surface area contributed by atoms with Crippen molar-refractivity contribution in [1.29, 1.82) is 0 Å². The third kappa shape index (κ3) is 5.25. The molecule has 0 aliphatic rings. The van der Waals surface area contributed by atoms with Crippen LogP contribution < -0.4 is 10.1 Å². The van der Waals surface area contributed by atoms with Gasteiger partial charge in [0.1, 0.15) is 17.4 Å². The maximum Gasteiger partial charge on any atom is 0.332 e. The lowest BCUT2D eigenvalue weighted by Crippen LogP contribution is -2.23. The van der Waals surface area contributed by atoms with Gasteiger partial charge in [-0.1, -0.05) is 24.3 Å². The fraction of sp³-hybridized carbons (Fsp3) is 0.211. The second-order valence-corrected chi connectivity index (χ2v) is 6.59. The Hall–Kier alpha value is -2.97. The highest BCUT2D eigenvalue weighted by Gasteiger charge is 2.11. The average Bonchev–Trinajstić information content (AvgIpc) is 3.09. The summed E-state index contributed by atoms with van der Waals surface area (Å²) in [4.78, 5) is 28.0. The molecular weight excluding hydrogens is 368 g/mol. The molecule has 3 aromatic rings. The molecule has 3 rings (SSSR count). The Balaban J connectivity index is 1.39. The van der Waals surface area contributed by atoms with E-state index in [1.165, 1.54) is 18.4 Å². The molecule has 0 aliphatic carbocycles. The minimum Gasteiger partial charge on any atom is -0.495 e. The van der Waals surface area contributed by atoms with Crippen molar-refractivity contribution in [2.75, 3.05) is 25.6 Å². The van der Waals surface area contributed by atoms with Crippen molar-refractivity contribution in [3.63, 3.8) is 0 Å². The summed E-state index contributed by atoms with van der Waals surface area (Å²) in [5, 5.41) is 3.40. The predicted octanol–water partition coefficient (Wildman–Crippen LogP) is 3.00. The number of methoxy groups -OCH3 is 1. The Morgan fingerprint density at radius 2 is 1.85 bits per heavy atom. The first-order valence-electron chi connectivity index (χ1n) is 8.16. The Labute approximate surface area is 159 Å². The molecule has 1 heterocycles. The Morgan fingerprint density at radius 1 is 1.07 bits per heavy atom. The van der Waals surface area contributed by atoms with E-state index in [2.05, 4.69) is 10.3 Å². The van der Waals surface area contributed by atoms with Crippen molar-refractivity contribution < 1.29 is 23.8 Å². The number of carbonyl (C=O) groups is 2. The zero-order valence-corrected chi connectivity index (χ0v) is 15.5. The SMILES string of the molecule is COc1ccccc1NC(=O)COC(=O)COCc1nc2ccccc2s1. The van der Waals surface area contributed by atoms with E-state index < -0.39 is 18.5 Å². The molecular formula is C19H18N2O5S. The highest BCUT2D eigenvalue weighted by atomic mass is 32.1. The summed E-state index contributed by atoms with van der Waals surface area (Å²) in [5.74, 6) is -0.554. The molecule has 0 fully saturated rings. The summed E-state index contributed by atoms with van der Waals surface area (Å²) in [5.41, 5.74) is 1.41. The molecule has 0 bridgehead atoms. The second-order valence-electron chi connectivity index (χ2n) is 5.48. The van der Waals surface area contributed by atoms with Gasteiger partial charge < -0.3 is 19.5 Å². The molecule has 1 N–H and O–H groups in total. The molecule has 0 atom stereocenters. The lowest BCUT2D eigenvalue weighted by Gasteiger charge is -2.10. The summed E-state index contributed by atoms with van der Waals surface area (Å²) in [6, 6.07) is 14.7. The van der Waals surface area contributed by atoms with Crippen molar-refractivity contribution in [3.8, 4) is 5.75 Å². The molecule has 8 heteroatoms. The first kappa shape index (κ1) is 18.8. The number of hydrogen-bond acceptors (Lipinski definition) is 7. The Kier molecular flexibility index (Phi) is 6.35. The van der Waals surface area contributed by atoms with Crippen LogP contribution in [0, 0.1) is 0 Å². The minimum absolute atomic E-state index is 0.210. The van der Waals surface area contributed by atoms with Crippen LogP contribution in [-0.2, 0) is 25.7 Å². The summed E-state index contributed by atoms with van der Waals surface area (Å²) in [6.07, 6.45) is 0. The number of carbonyl (C=O) groups excluding carboxylic acids is 2. The van der Waals surface area contributed by atoms with Gasteiger partial charge in [-0.2, -0.15) is 0 Å². The standard InChI is InChI=1S/C19H18N2O5S/c1-24-15-8-4-2-6-13(15)20-17(22)10-26-19(23)12-25-11-18-21-14-7-3-5-9-16(14)27-18/h2-9H,10-12H2,1H3,(H,20,22). The number of aromatic nitrogens is 1. The number of ether oxygens (including phenoxy) is 3. The molecule has 1 amide bonds. The van der Waals surface area contributed by atoms with Crippen molar-refractivity contribution in [2.45, 2.75) is 6.61 Å². The highest BCUT2D eigenvalue weighted by molar-refractivity contribution is 7.18. The zero-order chi connectivity index (χ0) is 19.1. The molecule has 7 nitrogen and oxygen atoms in total. The Bertz CT molecular complexity index is 908. The van der Waals surface area contributed by atoms with Gasteiger partial charge in [-0.25, -0.2) is 9.78 Å². The molecule has 140 valence electrons. The average molecular weight is 386 g/mol. The largest absolute Gasteiger partial charge is 0.495 e. The summed E-state index contributed by atoms with van der Waals surface area (Å²) >= 11 is 1.51. The fourth-order valence-corrected chi connectivity index (χ4v) is 3.23. The van der Waals surface area contributed by atoms with Crippen molar-refractivity contribution >= 4 is 39.1 Å². The van der Waals surface area contributed by atoms with Crippen LogP contribution in [0.25, 0.3) is 10.2 Å². The first-order valence-corrected chi connectivity index (χ1v) is 8.98. The number of amides is 1. The van der Waals surface area contributed by atoms with Gasteiger partial charge in [-0.05, 0) is 24.3 Å². The number of thiazole rings is 1. The molecule has 27 heavy (non-hydrogen) atoms. The number of anilines is 1. The number of rotatable bonds is 8. The van der Waals surface area contributed by atoms with Gasteiger partial charge in [-0.3, -0.25) is 4.79 Å². The van der Waals surface area contributed by atoms with Crippen molar-refractivity contribution in [2.24, 2.45) is 0 Å². The smallest absolute Gasteiger partial charge is 0.332 e. The number of para-hydroxylation sites is 3. The van der Waals surface area contributed by atoms with Crippen LogP contribution in [0.2, 0.25) is 0 Å². The van der Waals surface area contributed by atoms with Gasteiger partial charge in [0, 0.05) is 0 Å². The number of hydrogen-bond donors (Lipinski definition) is 1. The van der Waals surface area contributed by atoms with Gasteiger partial charge in [0.15, 0.2) is 6.61 Å². The van der Waals surface area contributed by atoms with E-state index in [1.807, 2.05) is 24.3 Å². The maximum atomic E-state index is 11.9. The topological polar surface area (TPSA) is 86.8 Å². The van der Waals surface area contributed by atoms with E-state index in [-0.39, 0.29) is 13.2 Å². The lowest BCUT2D eigenvalue weighted by molar-refractivity contribution is -0.152. The number of benzene rings is 2. The number of fused-ring (bicyclic) bond motifs is 1. The van der Waals surface area contributed by atoms with E-state index in [0.29, 0.717) is 11.4 Å². The van der Waals surface area contributed by atoms with Crippen LogP contribution >= 0.6 is 11.3 Å². The summed E-state index contributed by atoms with van der Waals surface area (Å²) in [7, 11) is 1.51. The number of nitrogens with one attached hydrogen (secondary N) is 1. The van der Waals surface area contributed by atoms with Gasteiger partial charge >= 0.3 is 5.97 Å². The first-order chi connectivity index (χ1) is 13.2. The fourth-order valence-electron chi connectivity index (χ4n) is 2.33. The van der Waals surface area contributed by atoms with Gasteiger partial charge in [0.25, 0.3) is 5.91 Å². The zero-order valence-electron chi connectivity index (χ0n) is 14.6. The van der Waals surface area contributed by atoms with E-state index >= 15 is 0 Å². The van der Waals surface area contributed by atoms with E-state index in [1.54, 1.807) is 24.3 Å². The molecule has 0 unspecified atom stereocenters. The third-order valence-corrected chi connectivity index (χ3v) is 4.54. The maximum absolute atomic E-state index is 11.9. The monoisotopic (exact) mass is 386 g/mol. The Morgan fingerprint density at radius 3 is 2.67 bits per heavy atom. The van der Waals surface area contributed by atoms with Crippen molar-refractivity contribution in [1.82, 2.24) is 4.98 Å². The van der Waals surface area contributed by atoms with Gasteiger partial charge in [0.05, 0.1) is 29.6 Å². The summed E-state index contributed by atoms with van der Waals surface area (Å²) < 4.78 is 16.4. The highest BCUT2D eigenvalue weighted by Crippen LogP contribution is 2.23. The molecule has 0 saturated heterocycles. The minimum atomic E-state index is -0.619. The van der Waals surface area contributed by atoms with Gasteiger partial charge in [-0.15, -0.1) is 11.3 Å². The van der Waals surface area contributed by atoms with Crippen LogP contribution in [0.5, 0.6) is 5.75 Å². The molecule has 0 spiro atoms.